The van der Waals surface area contributed by atoms with Crippen molar-refractivity contribution in [2.45, 2.75) is 19.3 Å². The lowest BCUT2D eigenvalue weighted by Gasteiger charge is -2.06. The fourth-order valence-corrected chi connectivity index (χ4v) is 4.64. The van der Waals surface area contributed by atoms with Crippen molar-refractivity contribution in [2.24, 2.45) is 0 Å². The Morgan fingerprint density at radius 3 is 2.23 bits per heavy atom. The highest BCUT2D eigenvalue weighted by atomic mass is 32.2. The van der Waals surface area contributed by atoms with E-state index >= 15 is 0 Å². The van der Waals surface area contributed by atoms with Crippen LogP contribution in [-0.2, 0) is 29.3 Å². The maximum Gasteiger partial charge on any atom is 0.211 e. The number of nitrogens with zero attached hydrogens (tertiary/aromatic N) is 1. The van der Waals surface area contributed by atoms with E-state index in [4.69, 9.17) is 0 Å². The van der Waals surface area contributed by atoms with Crippen molar-refractivity contribution < 1.29 is 8.42 Å². The second-order valence-electron chi connectivity index (χ2n) is 6.08. The third kappa shape index (κ3) is 6.05. The van der Waals surface area contributed by atoms with Crippen LogP contribution in [0.1, 0.15) is 21.0 Å². The maximum absolute atomic E-state index is 12.1. The van der Waals surface area contributed by atoms with Crippen LogP contribution in [0.3, 0.4) is 0 Å². The molecule has 136 valence electrons. The fourth-order valence-electron chi connectivity index (χ4n) is 2.62. The Kier molecular flexibility index (Phi) is 6.55. The highest BCUT2D eigenvalue weighted by Gasteiger charge is 2.11. The summed E-state index contributed by atoms with van der Waals surface area (Å²) in [7, 11) is -3.26. The van der Waals surface area contributed by atoms with Crippen molar-refractivity contribution in [2.75, 3.05) is 12.3 Å². The molecule has 6 heteroatoms. The van der Waals surface area contributed by atoms with E-state index in [-0.39, 0.29) is 5.75 Å². The lowest BCUT2D eigenvalue weighted by molar-refractivity contribution is 0.581. The molecule has 0 aliphatic rings. The van der Waals surface area contributed by atoms with E-state index in [1.54, 1.807) is 11.3 Å². The molecule has 3 rings (SSSR count). The van der Waals surface area contributed by atoms with Crippen LogP contribution in [-0.4, -0.2) is 25.7 Å². The van der Waals surface area contributed by atoms with Gasteiger partial charge in [0.2, 0.25) is 10.0 Å². The van der Waals surface area contributed by atoms with Crippen LogP contribution < -0.4 is 4.72 Å². The lowest BCUT2D eigenvalue weighted by Crippen LogP contribution is -2.29. The zero-order valence-electron chi connectivity index (χ0n) is 14.5. The van der Waals surface area contributed by atoms with Crippen LogP contribution in [0.5, 0.6) is 0 Å². The second kappa shape index (κ2) is 9.07. The van der Waals surface area contributed by atoms with Gasteiger partial charge in [0.25, 0.3) is 0 Å². The summed E-state index contributed by atoms with van der Waals surface area (Å²) in [4.78, 5) is 5.60. The number of rotatable bonds is 9. The van der Waals surface area contributed by atoms with Crippen LogP contribution in [0.2, 0.25) is 0 Å². The summed E-state index contributed by atoms with van der Waals surface area (Å²) < 4.78 is 26.9. The Hall–Kier alpha value is -2.02. The first kappa shape index (κ1) is 18.8. The molecule has 2 aromatic carbocycles. The largest absolute Gasteiger partial charge is 0.249 e. The highest BCUT2D eigenvalue weighted by Crippen LogP contribution is 2.17. The zero-order chi connectivity index (χ0) is 18.2. The van der Waals surface area contributed by atoms with Crippen molar-refractivity contribution in [1.29, 1.82) is 0 Å². The Morgan fingerprint density at radius 2 is 1.54 bits per heavy atom. The number of sulfonamides is 1. The summed E-state index contributed by atoms with van der Waals surface area (Å²) in [5.41, 5.74) is 2.28. The number of aryl methyl sites for hydroxylation is 1. The Balaban J connectivity index is 1.44. The number of nitrogens with one attached hydrogen (secondary N) is 1. The molecule has 0 unspecified atom stereocenters. The summed E-state index contributed by atoms with van der Waals surface area (Å²) in [5.74, 6) is 0.105. The van der Waals surface area contributed by atoms with Crippen LogP contribution >= 0.6 is 11.3 Å². The number of benzene rings is 2. The Bertz CT molecular complexity index is 907. The van der Waals surface area contributed by atoms with Gasteiger partial charge < -0.3 is 0 Å². The van der Waals surface area contributed by atoms with Gasteiger partial charge in [0.15, 0.2) is 0 Å². The molecule has 0 saturated carbocycles. The summed E-state index contributed by atoms with van der Waals surface area (Å²) in [6.45, 7) is 0.384. The SMILES string of the molecule is O=S(=O)(CCc1ccccc1)NCCc1ncc(Cc2ccccc2)s1. The van der Waals surface area contributed by atoms with Gasteiger partial charge in [-0.05, 0) is 17.5 Å². The van der Waals surface area contributed by atoms with Crippen LogP contribution in [0.4, 0.5) is 0 Å². The monoisotopic (exact) mass is 386 g/mol. The van der Waals surface area contributed by atoms with Crippen molar-refractivity contribution in [3.8, 4) is 0 Å². The molecule has 0 bridgehead atoms. The van der Waals surface area contributed by atoms with Crippen molar-refractivity contribution >= 4 is 21.4 Å². The molecule has 0 fully saturated rings. The molecule has 0 aliphatic carbocycles. The van der Waals surface area contributed by atoms with E-state index in [1.165, 1.54) is 10.4 Å². The number of hydrogen-bond donors (Lipinski definition) is 1. The normalized spacial score (nSPS) is 11.5. The molecular formula is C20H22N2O2S2. The molecule has 0 aliphatic heterocycles. The standard InChI is InChI=1S/C20H22N2O2S2/c23-26(24,14-12-17-7-3-1-4-8-17)22-13-11-20-21-16-19(25-20)15-18-9-5-2-6-10-18/h1-10,16,22H,11-15H2. The van der Waals surface area contributed by atoms with Crippen LogP contribution in [0, 0.1) is 0 Å². The topological polar surface area (TPSA) is 59.1 Å². The van der Waals surface area contributed by atoms with Crippen LogP contribution in [0.25, 0.3) is 0 Å². The van der Waals surface area contributed by atoms with E-state index in [1.807, 2.05) is 54.7 Å². The van der Waals surface area contributed by atoms with Gasteiger partial charge >= 0.3 is 0 Å². The van der Waals surface area contributed by atoms with Gasteiger partial charge in [-0.1, -0.05) is 60.7 Å². The maximum atomic E-state index is 12.1. The summed E-state index contributed by atoms with van der Waals surface area (Å²) in [6.07, 6.45) is 3.89. The Labute approximate surface area is 159 Å². The molecule has 0 spiro atoms. The van der Waals surface area contributed by atoms with E-state index in [2.05, 4.69) is 21.8 Å². The smallest absolute Gasteiger partial charge is 0.211 e. The summed E-state index contributed by atoms with van der Waals surface area (Å²) in [5, 5.41) is 0.960. The first-order chi connectivity index (χ1) is 12.6. The van der Waals surface area contributed by atoms with E-state index in [0.717, 1.165) is 17.0 Å². The molecule has 0 atom stereocenters. The predicted octanol–water partition coefficient (Wildman–Crippen LogP) is 3.44. The van der Waals surface area contributed by atoms with E-state index in [9.17, 15) is 8.42 Å². The molecule has 0 radical (unpaired) electrons. The zero-order valence-corrected chi connectivity index (χ0v) is 16.1. The molecule has 1 heterocycles. The number of aromatic nitrogens is 1. The number of hydrogen-bond acceptors (Lipinski definition) is 4. The van der Waals surface area contributed by atoms with Crippen LogP contribution in [0.15, 0.2) is 66.9 Å². The van der Waals surface area contributed by atoms with Crippen molar-refractivity contribution in [3.63, 3.8) is 0 Å². The molecule has 0 amide bonds. The lowest BCUT2D eigenvalue weighted by atomic mass is 10.1. The fraction of sp³-hybridized carbons (Fsp3) is 0.250. The van der Waals surface area contributed by atoms with Gasteiger partial charge in [0.1, 0.15) is 0 Å². The van der Waals surface area contributed by atoms with Gasteiger partial charge in [-0.25, -0.2) is 18.1 Å². The second-order valence-corrected chi connectivity index (χ2v) is 9.21. The minimum atomic E-state index is -3.26. The minimum absolute atomic E-state index is 0.105. The van der Waals surface area contributed by atoms with E-state index in [0.29, 0.717) is 19.4 Å². The first-order valence-corrected chi connectivity index (χ1v) is 11.1. The average Bonchev–Trinajstić information content (AvgIpc) is 3.09. The third-order valence-electron chi connectivity index (χ3n) is 3.99. The van der Waals surface area contributed by atoms with Crippen molar-refractivity contribution in [1.82, 2.24) is 9.71 Å². The van der Waals surface area contributed by atoms with E-state index < -0.39 is 10.0 Å². The van der Waals surface area contributed by atoms with Gasteiger partial charge in [-0.2, -0.15) is 0 Å². The molecule has 3 aromatic rings. The minimum Gasteiger partial charge on any atom is -0.249 e. The average molecular weight is 387 g/mol. The summed E-state index contributed by atoms with van der Waals surface area (Å²) in [6, 6.07) is 19.9. The quantitative estimate of drug-likeness (QED) is 0.613. The highest BCUT2D eigenvalue weighted by molar-refractivity contribution is 7.89. The third-order valence-corrected chi connectivity index (χ3v) is 6.43. The molecule has 1 N–H and O–H groups in total. The molecule has 1 aromatic heterocycles. The number of thiazole rings is 1. The first-order valence-electron chi connectivity index (χ1n) is 8.59. The molecule has 26 heavy (non-hydrogen) atoms. The van der Waals surface area contributed by atoms with Gasteiger partial charge in [-0.3, -0.25) is 0 Å². The molecule has 0 saturated heterocycles. The molecule has 4 nitrogen and oxygen atoms in total. The Morgan fingerprint density at radius 1 is 0.885 bits per heavy atom. The predicted molar refractivity (Wildman–Crippen MR) is 107 cm³/mol. The van der Waals surface area contributed by atoms with Crippen molar-refractivity contribution in [3.05, 3.63) is 87.9 Å². The summed E-state index contributed by atoms with van der Waals surface area (Å²) >= 11 is 1.64. The van der Waals surface area contributed by atoms with Gasteiger partial charge in [-0.15, -0.1) is 11.3 Å². The van der Waals surface area contributed by atoms with Gasteiger partial charge in [0, 0.05) is 30.5 Å². The molecular weight excluding hydrogens is 364 g/mol. The van der Waals surface area contributed by atoms with Gasteiger partial charge in [0.05, 0.1) is 10.8 Å².